The van der Waals surface area contributed by atoms with E-state index in [1.165, 1.54) is 44.7 Å². The van der Waals surface area contributed by atoms with Gasteiger partial charge >= 0.3 is 0 Å². The minimum absolute atomic E-state index is 0.00856. The Morgan fingerprint density at radius 3 is 1.50 bits per heavy atom. The predicted octanol–water partition coefficient (Wildman–Crippen LogP) is 10.7. The zero-order chi connectivity index (χ0) is 75.7. The summed E-state index contributed by atoms with van der Waals surface area (Å²) in [5.74, 6) is 1.86. The number of methoxy groups -OCH3 is 2. The summed E-state index contributed by atoms with van der Waals surface area (Å²) in [7, 11) is 2.98. The van der Waals surface area contributed by atoms with Gasteiger partial charge in [-0.15, -0.1) is 0 Å². The van der Waals surface area contributed by atoms with Crippen LogP contribution in [0.4, 0.5) is 11.4 Å². The monoisotopic (exact) mass is 1460 g/mol. The van der Waals surface area contributed by atoms with Crippen LogP contribution < -0.4 is 9.47 Å². The Labute approximate surface area is 605 Å². The lowest BCUT2D eigenvalue weighted by atomic mass is 10.0. The number of fused-ring (bicyclic) bond motifs is 7. The molecule has 536 valence electrons. The fourth-order valence-electron chi connectivity index (χ4n) is 10.5. The van der Waals surface area contributed by atoms with Crippen LogP contribution in [0.15, 0.2) is 171 Å². The Morgan fingerprint density at radius 1 is 0.419 bits per heavy atom. The van der Waals surface area contributed by atoms with E-state index in [-0.39, 0.29) is 80.8 Å². The average Bonchev–Trinajstić information content (AvgIpc) is 0.788. The molecule has 8 N–H and O–H groups in total. The molecule has 0 aliphatic heterocycles. The lowest BCUT2D eigenvalue weighted by Crippen LogP contribution is -2.02. The van der Waals surface area contributed by atoms with Crippen LogP contribution in [0.2, 0.25) is 10.3 Å². The summed E-state index contributed by atoms with van der Waals surface area (Å²) in [5, 5.41) is 99.5. The Bertz CT molecular complexity index is 5480. The molecular weight excluding hydrogens is 1400 g/mol. The van der Waals surface area contributed by atoms with E-state index in [0.717, 1.165) is 62.2 Å². The van der Waals surface area contributed by atoms with Crippen LogP contribution in [-0.4, -0.2) is 134 Å². The molecule has 0 atom stereocenters. The number of aldehydes is 3. The van der Waals surface area contributed by atoms with Crippen LogP contribution in [-0.2, 0) is 52.9 Å². The highest BCUT2D eigenvalue weighted by molar-refractivity contribution is 6.30. The third kappa shape index (κ3) is 19.5. The van der Waals surface area contributed by atoms with E-state index in [1.807, 2.05) is 25.1 Å². The number of nitro groups is 2. The molecular formula is C74H64Cl2N12O17. The predicted molar refractivity (Wildman–Crippen MR) is 390 cm³/mol. The fourth-order valence-corrected chi connectivity index (χ4v) is 10.8. The highest BCUT2D eigenvalue weighted by atomic mass is 35.5. The van der Waals surface area contributed by atoms with Crippen molar-refractivity contribution in [2.24, 2.45) is 0 Å². The molecule has 7 aromatic carbocycles. The summed E-state index contributed by atoms with van der Waals surface area (Å²) in [5.41, 5.74) is 10.7. The van der Waals surface area contributed by atoms with Crippen LogP contribution in [0.1, 0.15) is 81.7 Å². The molecule has 0 fully saturated rings. The number of pyridine rings is 4. The Balaban J connectivity index is 0.000000155. The first-order valence-corrected chi connectivity index (χ1v) is 31.9. The van der Waals surface area contributed by atoms with Gasteiger partial charge in [0.1, 0.15) is 33.7 Å². The number of hydrogen-bond acceptors (Lipinski definition) is 27. The van der Waals surface area contributed by atoms with Crippen molar-refractivity contribution in [2.45, 2.75) is 59.8 Å². The number of nitrogens with zero attached hydrogens (tertiary/aromatic N) is 12. The standard InChI is InChI=1S/C13H13NO4.C12H12ClNO3.C10H7ClN2O3.C10H8N2O3.C10H8N2O2.C10H10N2O.C9H6N2O/c1-18-13-11(7-17)9(6-16)4-10-8(5-15)2-3-14-12(10)13;1-17-12-8-2-3-11(13)14-10(8)4-7(5-15)9(12)6-16;11-9-4-2-7-8(12-9)3-1-6(5-14)10(7)13(15)16;13-6-7-3-4-9-8(2-1-5-11-9)10(7)12(14)15;13-5-7-1-2-9-8(3-7)4-11-10(6-14)12-9;1-7-11-5-9-4-8(6-13)2-3-10(9)12-7;12-6-7-1-2-8-9(5-7)11-4-3-10-8/h2-5,16-17H,6-7H2,1H3;2-4,15-16H,5-6H2,1H3;1-4,14H,5H2;1-5,13H,6H2;1-4,6,13H,5H2;2-5,13H,6H2,1H3;1-6H. The SMILES string of the molecule is COc1c(CO)c(CO)cc2c(C=O)ccnc12.COc1c(CO)c(CO)cc2nc(Cl)ccc12.Cc1ncc2cc(CO)ccc2n1.O=Cc1ccc2nccnc2c1.O=Cc1ncc2cc(CO)ccc2n1.O=[N+]([O-])c1c(CO)ccc2nc(Cl)ccc12.O=[N+]([O-])c1c(CO)ccc2ncccc12. The van der Waals surface area contributed by atoms with Crippen molar-refractivity contribution in [3.63, 3.8) is 0 Å². The number of aliphatic hydroxyl groups excluding tert-OH is 8. The molecule has 0 aliphatic carbocycles. The Hall–Kier alpha value is -12.1. The van der Waals surface area contributed by atoms with Gasteiger partial charge in [-0.1, -0.05) is 35.3 Å². The molecule has 7 aromatic heterocycles. The van der Waals surface area contributed by atoms with Crippen molar-refractivity contribution in [2.75, 3.05) is 14.2 Å². The highest BCUT2D eigenvalue weighted by Gasteiger charge is 2.21. The lowest BCUT2D eigenvalue weighted by molar-refractivity contribution is -0.384. The molecule has 0 aliphatic rings. The van der Waals surface area contributed by atoms with Crippen molar-refractivity contribution in [1.29, 1.82) is 0 Å². The van der Waals surface area contributed by atoms with Crippen LogP contribution in [0.3, 0.4) is 0 Å². The smallest absolute Gasteiger partial charge is 0.284 e. The minimum Gasteiger partial charge on any atom is -0.496 e. The summed E-state index contributed by atoms with van der Waals surface area (Å²) in [4.78, 5) is 93.2. The van der Waals surface area contributed by atoms with Crippen LogP contribution in [0.5, 0.6) is 11.5 Å². The van der Waals surface area contributed by atoms with Crippen molar-refractivity contribution in [3.05, 3.63) is 268 Å². The molecule has 14 rings (SSSR count). The van der Waals surface area contributed by atoms with Crippen molar-refractivity contribution < 1.29 is 74.6 Å². The fraction of sp³-hybridized carbons (Fsp3) is 0.149. The van der Waals surface area contributed by atoms with E-state index in [9.17, 15) is 55.0 Å². The van der Waals surface area contributed by atoms with E-state index in [0.29, 0.717) is 106 Å². The van der Waals surface area contributed by atoms with Crippen molar-refractivity contribution >= 4 is 130 Å². The normalized spacial score (nSPS) is 10.5. The molecule has 0 saturated heterocycles. The maximum absolute atomic E-state index is 11.0. The molecule has 0 bridgehead atoms. The summed E-state index contributed by atoms with van der Waals surface area (Å²) < 4.78 is 10.5. The molecule has 105 heavy (non-hydrogen) atoms. The van der Waals surface area contributed by atoms with Crippen LogP contribution in [0.25, 0.3) is 76.5 Å². The average molecular weight is 1460 g/mol. The van der Waals surface area contributed by atoms with E-state index in [4.69, 9.17) is 53.1 Å². The van der Waals surface area contributed by atoms with E-state index >= 15 is 0 Å². The molecule has 31 heteroatoms. The van der Waals surface area contributed by atoms with E-state index in [2.05, 4.69) is 49.8 Å². The van der Waals surface area contributed by atoms with Gasteiger partial charge in [0, 0.05) is 81.0 Å². The van der Waals surface area contributed by atoms with E-state index < -0.39 is 9.85 Å². The molecule has 0 radical (unpaired) electrons. The number of nitro benzene ring substituents is 2. The van der Waals surface area contributed by atoms with Gasteiger partial charge in [0.2, 0.25) is 0 Å². The molecule has 7 heterocycles. The lowest BCUT2D eigenvalue weighted by Gasteiger charge is -2.14. The van der Waals surface area contributed by atoms with Crippen LogP contribution in [0, 0.1) is 27.2 Å². The minimum atomic E-state index is -0.524. The first-order valence-electron chi connectivity index (χ1n) is 31.1. The number of ether oxygens (including phenoxy) is 2. The molecule has 0 amide bonds. The maximum Gasteiger partial charge on any atom is 0.284 e. The number of carbonyl (C=O) groups excluding carboxylic acids is 3. The van der Waals surface area contributed by atoms with Gasteiger partial charge in [0.05, 0.1) is 137 Å². The second-order valence-corrected chi connectivity index (χ2v) is 22.7. The number of carbonyl (C=O) groups is 3. The van der Waals surface area contributed by atoms with Gasteiger partial charge in [-0.2, -0.15) is 0 Å². The van der Waals surface area contributed by atoms with E-state index in [1.54, 1.807) is 122 Å². The topological polar surface area (TPSA) is 447 Å². The summed E-state index contributed by atoms with van der Waals surface area (Å²) >= 11 is 11.5. The summed E-state index contributed by atoms with van der Waals surface area (Å²) in [6.07, 6.45) is 11.8. The zero-order valence-electron chi connectivity index (χ0n) is 55.9. The second kappa shape index (κ2) is 38.2. The number of aromatic nitrogens is 10. The summed E-state index contributed by atoms with van der Waals surface area (Å²) in [6, 6.07) is 37.1. The third-order valence-corrected chi connectivity index (χ3v) is 15.9. The molecule has 29 nitrogen and oxygen atoms in total. The molecule has 0 unspecified atom stereocenters. The zero-order valence-corrected chi connectivity index (χ0v) is 57.4. The van der Waals surface area contributed by atoms with Crippen LogP contribution >= 0.6 is 23.2 Å². The maximum atomic E-state index is 11.0. The Kier molecular flexibility index (Phi) is 28.6. The molecule has 14 aromatic rings. The molecule has 0 saturated carbocycles. The number of hydrogen-bond donors (Lipinski definition) is 8. The van der Waals surface area contributed by atoms with Gasteiger partial charge in [-0.05, 0) is 151 Å². The first kappa shape index (κ1) is 78.6. The summed E-state index contributed by atoms with van der Waals surface area (Å²) in [6.45, 7) is 0.302. The third-order valence-electron chi connectivity index (χ3n) is 15.5. The van der Waals surface area contributed by atoms with Gasteiger partial charge in [-0.25, -0.2) is 29.9 Å². The quantitative estimate of drug-likeness (QED) is 0.0204. The molecule has 0 spiro atoms. The number of benzene rings is 7. The number of rotatable bonds is 15. The Morgan fingerprint density at radius 2 is 0.943 bits per heavy atom. The first-order chi connectivity index (χ1) is 50.9. The van der Waals surface area contributed by atoms with Gasteiger partial charge in [0.15, 0.2) is 24.1 Å². The number of halogens is 2. The van der Waals surface area contributed by atoms with Crippen molar-refractivity contribution in [3.8, 4) is 11.5 Å². The van der Waals surface area contributed by atoms with Gasteiger partial charge < -0.3 is 50.3 Å². The van der Waals surface area contributed by atoms with Crippen molar-refractivity contribution in [1.82, 2.24) is 49.8 Å². The second-order valence-electron chi connectivity index (χ2n) is 21.9. The number of aryl methyl sites for hydroxylation is 1. The van der Waals surface area contributed by atoms with Gasteiger partial charge in [-0.3, -0.25) is 54.5 Å². The largest absolute Gasteiger partial charge is 0.496 e. The number of aliphatic hydroxyl groups is 8. The highest BCUT2D eigenvalue weighted by Crippen LogP contribution is 2.36. The van der Waals surface area contributed by atoms with Gasteiger partial charge in [0.25, 0.3) is 11.4 Å².